The van der Waals surface area contributed by atoms with Crippen LogP contribution in [0.2, 0.25) is 5.15 Å². The molecule has 2 aromatic rings. The minimum absolute atomic E-state index is 0.00121. The number of esters is 2. The molecule has 24 heavy (non-hydrogen) atoms. The number of aromatic nitrogens is 1. The van der Waals surface area contributed by atoms with E-state index in [0.29, 0.717) is 11.3 Å². The Morgan fingerprint density at radius 2 is 1.83 bits per heavy atom. The molecule has 0 radical (unpaired) electrons. The fourth-order valence-electron chi connectivity index (χ4n) is 1.75. The highest BCUT2D eigenvalue weighted by molar-refractivity contribution is 6.32. The third kappa shape index (κ3) is 4.53. The summed E-state index contributed by atoms with van der Waals surface area (Å²) in [4.78, 5) is 38.6. The van der Waals surface area contributed by atoms with E-state index in [-0.39, 0.29) is 10.7 Å². The van der Waals surface area contributed by atoms with Crippen LogP contribution in [0.5, 0.6) is 0 Å². The monoisotopic (exact) mass is 348 g/mol. The van der Waals surface area contributed by atoms with E-state index in [4.69, 9.17) is 16.3 Å². The predicted octanol–water partition coefficient (Wildman–Crippen LogP) is 2.32. The van der Waals surface area contributed by atoms with Gasteiger partial charge >= 0.3 is 11.9 Å². The minimum atomic E-state index is -0.746. The summed E-state index contributed by atoms with van der Waals surface area (Å²) in [5.74, 6) is -1.76. The van der Waals surface area contributed by atoms with Gasteiger partial charge in [-0.2, -0.15) is 0 Å². The molecule has 0 bridgehead atoms. The second kappa shape index (κ2) is 8.07. The first-order valence-electron chi connectivity index (χ1n) is 6.77. The molecule has 1 heterocycles. The van der Waals surface area contributed by atoms with E-state index in [2.05, 4.69) is 15.0 Å². The van der Waals surface area contributed by atoms with Crippen LogP contribution in [0.3, 0.4) is 0 Å². The number of carbonyl (C=O) groups excluding carboxylic acids is 3. The predicted molar refractivity (Wildman–Crippen MR) is 85.9 cm³/mol. The van der Waals surface area contributed by atoms with Crippen LogP contribution < -0.4 is 5.32 Å². The zero-order valence-corrected chi connectivity index (χ0v) is 13.4. The van der Waals surface area contributed by atoms with Crippen molar-refractivity contribution in [3.63, 3.8) is 0 Å². The Hall–Kier alpha value is -2.93. The topological polar surface area (TPSA) is 94.6 Å². The standard InChI is InChI=1S/C16H13ClN2O5/c1-23-15(21)10-4-6-11(7-5-10)19-13(20)9-24-16(22)12-3-2-8-18-14(12)17/h2-8H,9H2,1H3,(H,19,20). The average Bonchev–Trinajstić information content (AvgIpc) is 2.60. The molecule has 0 aliphatic heterocycles. The summed E-state index contributed by atoms with van der Waals surface area (Å²) in [6, 6.07) is 9.05. The Morgan fingerprint density at radius 1 is 1.12 bits per heavy atom. The molecule has 124 valence electrons. The first-order valence-corrected chi connectivity index (χ1v) is 7.15. The lowest BCUT2D eigenvalue weighted by Gasteiger charge is -2.07. The SMILES string of the molecule is COC(=O)c1ccc(NC(=O)COC(=O)c2cccnc2Cl)cc1. The normalized spacial score (nSPS) is 9.92. The second-order valence-corrected chi connectivity index (χ2v) is 4.89. The molecule has 2 rings (SSSR count). The summed E-state index contributed by atoms with van der Waals surface area (Å²) in [6.45, 7) is -0.483. The molecule has 0 fully saturated rings. The summed E-state index contributed by atoms with van der Waals surface area (Å²) in [5.41, 5.74) is 0.880. The van der Waals surface area contributed by atoms with Crippen molar-refractivity contribution in [2.45, 2.75) is 0 Å². The number of hydrogen-bond donors (Lipinski definition) is 1. The van der Waals surface area contributed by atoms with Gasteiger partial charge in [-0.3, -0.25) is 4.79 Å². The number of benzene rings is 1. The molecule has 1 N–H and O–H groups in total. The number of carbonyl (C=O) groups is 3. The molecular weight excluding hydrogens is 336 g/mol. The van der Waals surface area contributed by atoms with Crippen molar-refractivity contribution in [3.8, 4) is 0 Å². The number of nitrogens with zero attached hydrogens (tertiary/aromatic N) is 1. The molecule has 0 spiro atoms. The molecule has 0 saturated carbocycles. The summed E-state index contributed by atoms with van der Waals surface area (Å²) < 4.78 is 9.45. The molecular formula is C16H13ClN2O5. The van der Waals surface area contributed by atoms with Crippen LogP contribution in [-0.2, 0) is 14.3 Å². The second-order valence-electron chi connectivity index (χ2n) is 4.54. The Labute approximate surface area is 142 Å². The quantitative estimate of drug-likeness (QED) is 0.658. The minimum Gasteiger partial charge on any atom is -0.465 e. The third-order valence-corrected chi connectivity index (χ3v) is 3.20. The highest BCUT2D eigenvalue weighted by atomic mass is 35.5. The average molecular weight is 349 g/mol. The zero-order valence-electron chi connectivity index (χ0n) is 12.6. The van der Waals surface area contributed by atoms with Gasteiger partial charge in [-0.1, -0.05) is 11.6 Å². The lowest BCUT2D eigenvalue weighted by Crippen LogP contribution is -2.21. The van der Waals surface area contributed by atoms with Crippen LogP contribution in [0, 0.1) is 0 Å². The van der Waals surface area contributed by atoms with E-state index in [1.807, 2.05) is 0 Å². The van der Waals surface area contributed by atoms with Crippen molar-refractivity contribution < 1.29 is 23.9 Å². The van der Waals surface area contributed by atoms with Crippen molar-refractivity contribution in [3.05, 3.63) is 58.9 Å². The van der Waals surface area contributed by atoms with E-state index < -0.39 is 24.5 Å². The fourth-order valence-corrected chi connectivity index (χ4v) is 1.95. The van der Waals surface area contributed by atoms with Crippen LogP contribution in [0.1, 0.15) is 20.7 Å². The van der Waals surface area contributed by atoms with Crippen molar-refractivity contribution in [2.24, 2.45) is 0 Å². The molecule has 0 atom stereocenters. The molecule has 0 aliphatic carbocycles. The number of amides is 1. The van der Waals surface area contributed by atoms with E-state index in [0.717, 1.165) is 0 Å². The van der Waals surface area contributed by atoms with Gasteiger partial charge in [-0.05, 0) is 36.4 Å². The van der Waals surface area contributed by atoms with E-state index >= 15 is 0 Å². The zero-order chi connectivity index (χ0) is 17.5. The van der Waals surface area contributed by atoms with Gasteiger partial charge in [-0.25, -0.2) is 14.6 Å². The van der Waals surface area contributed by atoms with E-state index in [1.54, 1.807) is 0 Å². The molecule has 1 amide bonds. The summed E-state index contributed by atoms with van der Waals surface area (Å²) in [6.07, 6.45) is 1.43. The number of hydrogen-bond acceptors (Lipinski definition) is 6. The van der Waals surface area contributed by atoms with Gasteiger partial charge in [0.2, 0.25) is 0 Å². The van der Waals surface area contributed by atoms with Crippen molar-refractivity contribution >= 4 is 35.1 Å². The highest BCUT2D eigenvalue weighted by Gasteiger charge is 2.14. The van der Waals surface area contributed by atoms with Crippen molar-refractivity contribution in [1.29, 1.82) is 0 Å². The summed E-state index contributed by atoms with van der Waals surface area (Å²) in [7, 11) is 1.28. The van der Waals surface area contributed by atoms with Gasteiger partial charge in [0.05, 0.1) is 18.2 Å². The van der Waals surface area contributed by atoms with Crippen LogP contribution in [-0.4, -0.2) is 36.5 Å². The van der Waals surface area contributed by atoms with Crippen LogP contribution in [0.15, 0.2) is 42.6 Å². The molecule has 0 saturated heterocycles. The van der Waals surface area contributed by atoms with Gasteiger partial charge < -0.3 is 14.8 Å². The molecule has 7 nitrogen and oxygen atoms in total. The van der Waals surface area contributed by atoms with Crippen molar-refractivity contribution in [1.82, 2.24) is 4.98 Å². The number of ether oxygens (including phenoxy) is 2. The molecule has 8 heteroatoms. The number of pyridine rings is 1. The maximum atomic E-state index is 11.8. The smallest absolute Gasteiger partial charge is 0.341 e. The van der Waals surface area contributed by atoms with Crippen LogP contribution >= 0.6 is 11.6 Å². The number of methoxy groups -OCH3 is 1. The van der Waals surface area contributed by atoms with Crippen LogP contribution in [0.4, 0.5) is 5.69 Å². The molecule has 0 unspecified atom stereocenters. The van der Waals surface area contributed by atoms with Gasteiger partial charge in [0.15, 0.2) is 6.61 Å². The Balaban J connectivity index is 1.88. The Kier molecular flexibility index (Phi) is 5.86. The molecule has 0 aliphatic rings. The maximum absolute atomic E-state index is 11.8. The number of nitrogens with one attached hydrogen (secondary N) is 1. The number of rotatable bonds is 5. The lowest BCUT2D eigenvalue weighted by atomic mass is 10.2. The Morgan fingerprint density at radius 3 is 2.46 bits per heavy atom. The van der Waals surface area contributed by atoms with Crippen molar-refractivity contribution in [2.75, 3.05) is 19.0 Å². The third-order valence-electron chi connectivity index (χ3n) is 2.90. The van der Waals surface area contributed by atoms with Crippen LogP contribution in [0.25, 0.3) is 0 Å². The van der Waals surface area contributed by atoms with Gasteiger partial charge in [0, 0.05) is 11.9 Å². The first kappa shape index (κ1) is 17.4. The van der Waals surface area contributed by atoms with Gasteiger partial charge in [0.25, 0.3) is 5.91 Å². The summed E-state index contributed by atoms with van der Waals surface area (Å²) >= 11 is 5.77. The number of halogens is 1. The largest absolute Gasteiger partial charge is 0.465 e. The van der Waals surface area contributed by atoms with Gasteiger partial charge in [0.1, 0.15) is 5.15 Å². The summed E-state index contributed by atoms with van der Waals surface area (Å²) in [5, 5.41) is 2.53. The highest BCUT2D eigenvalue weighted by Crippen LogP contribution is 2.13. The number of anilines is 1. The van der Waals surface area contributed by atoms with E-state index in [1.165, 1.54) is 49.7 Å². The molecule has 1 aromatic heterocycles. The Bertz CT molecular complexity index is 761. The fraction of sp³-hybridized carbons (Fsp3) is 0.125. The maximum Gasteiger partial charge on any atom is 0.341 e. The van der Waals surface area contributed by atoms with Gasteiger partial charge in [-0.15, -0.1) is 0 Å². The van der Waals surface area contributed by atoms with E-state index in [9.17, 15) is 14.4 Å². The molecule has 1 aromatic carbocycles. The first-order chi connectivity index (χ1) is 11.5. The lowest BCUT2D eigenvalue weighted by molar-refractivity contribution is -0.119.